The van der Waals surface area contributed by atoms with Gasteiger partial charge < -0.3 is 4.74 Å². The molecule has 14 heavy (non-hydrogen) atoms. The largest absolute Gasteiger partial charge is 0.494 e. The molecule has 0 aromatic carbocycles. The molecule has 0 spiro atoms. The highest BCUT2D eigenvalue weighted by Gasteiger charge is 2.40. The van der Waals surface area contributed by atoms with E-state index in [-0.39, 0.29) is 11.5 Å². The minimum Gasteiger partial charge on any atom is -0.494 e. The minimum atomic E-state index is 0.0534. The van der Waals surface area contributed by atoms with Crippen molar-refractivity contribution in [1.82, 2.24) is 0 Å². The highest BCUT2D eigenvalue weighted by Crippen LogP contribution is 2.46. The molecule has 0 N–H and O–H groups in total. The van der Waals surface area contributed by atoms with Crippen LogP contribution < -0.4 is 0 Å². The summed E-state index contributed by atoms with van der Waals surface area (Å²) >= 11 is 0. The van der Waals surface area contributed by atoms with Crippen molar-refractivity contribution in [2.75, 3.05) is 0 Å². The van der Waals surface area contributed by atoms with Crippen LogP contribution in [-0.4, -0.2) is 6.10 Å². The van der Waals surface area contributed by atoms with Crippen LogP contribution in [0.15, 0.2) is 23.0 Å². The molecule has 1 aliphatic heterocycles. The van der Waals surface area contributed by atoms with Gasteiger partial charge in [-0.2, -0.15) is 5.26 Å². The van der Waals surface area contributed by atoms with Gasteiger partial charge in [0.25, 0.3) is 0 Å². The Morgan fingerprint density at radius 1 is 1.50 bits per heavy atom. The fraction of sp³-hybridized carbons (Fsp3) is 0.583. The summed E-state index contributed by atoms with van der Waals surface area (Å²) in [6.45, 7) is 6.45. The number of hydrogen-bond acceptors (Lipinski definition) is 2. The maximum Gasteiger partial charge on any atom is 0.105 e. The number of hydrogen-bond donors (Lipinski definition) is 0. The van der Waals surface area contributed by atoms with Crippen LogP contribution in [0.5, 0.6) is 0 Å². The van der Waals surface area contributed by atoms with Crippen LogP contribution in [0.1, 0.15) is 33.6 Å². The summed E-state index contributed by atoms with van der Waals surface area (Å²) in [6.07, 6.45) is 3.96. The normalized spacial score (nSPS) is 29.0. The molecule has 1 aliphatic carbocycles. The molecule has 74 valence electrons. The van der Waals surface area contributed by atoms with Crippen molar-refractivity contribution in [3.8, 4) is 6.07 Å². The molecule has 0 aromatic heterocycles. The quantitative estimate of drug-likeness (QED) is 0.587. The van der Waals surface area contributed by atoms with E-state index in [1.54, 1.807) is 0 Å². The van der Waals surface area contributed by atoms with Crippen LogP contribution in [-0.2, 0) is 4.74 Å². The highest BCUT2D eigenvalue weighted by molar-refractivity contribution is 5.43. The van der Waals surface area contributed by atoms with Crippen molar-refractivity contribution in [3.05, 3.63) is 23.0 Å². The topological polar surface area (TPSA) is 33.0 Å². The lowest BCUT2D eigenvalue weighted by molar-refractivity contribution is 0.0896. The van der Waals surface area contributed by atoms with Gasteiger partial charge >= 0.3 is 0 Å². The fourth-order valence-corrected chi connectivity index (χ4v) is 2.05. The van der Waals surface area contributed by atoms with Crippen LogP contribution in [0.3, 0.4) is 0 Å². The molecule has 1 unspecified atom stereocenters. The monoisotopic (exact) mass is 189 g/mol. The Hall–Kier alpha value is -1.23. The molecule has 1 heterocycles. The fourth-order valence-electron chi connectivity index (χ4n) is 2.05. The first-order chi connectivity index (χ1) is 6.55. The molecule has 2 rings (SSSR count). The third-order valence-corrected chi connectivity index (χ3v) is 3.41. The first-order valence-electron chi connectivity index (χ1n) is 5.06. The van der Waals surface area contributed by atoms with E-state index in [9.17, 15) is 0 Å². The van der Waals surface area contributed by atoms with Gasteiger partial charge in [0.1, 0.15) is 11.9 Å². The summed E-state index contributed by atoms with van der Waals surface area (Å²) in [5, 5.41) is 8.87. The van der Waals surface area contributed by atoms with E-state index in [0.29, 0.717) is 0 Å². The van der Waals surface area contributed by atoms with Crippen LogP contribution in [0, 0.1) is 16.7 Å². The lowest BCUT2D eigenvalue weighted by atomic mass is 9.78. The third-order valence-electron chi connectivity index (χ3n) is 3.41. The number of nitriles is 1. The van der Waals surface area contributed by atoms with Crippen molar-refractivity contribution < 1.29 is 4.74 Å². The molecule has 2 nitrogen and oxygen atoms in total. The molecule has 0 amide bonds. The zero-order valence-corrected chi connectivity index (χ0v) is 8.92. The Morgan fingerprint density at radius 3 is 2.86 bits per heavy atom. The number of rotatable bonds is 0. The van der Waals surface area contributed by atoms with Gasteiger partial charge in [-0.15, -0.1) is 0 Å². The first kappa shape index (κ1) is 9.33. The summed E-state index contributed by atoms with van der Waals surface area (Å²) in [6, 6.07) is 2.24. The highest BCUT2D eigenvalue weighted by atomic mass is 16.5. The summed E-state index contributed by atoms with van der Waals surface area (Å²) in [5.41, 5.74) is 2.17. The van der Waals surface area contributed by atoms with E-state index in [1.807, 2.05) is 6.08 Å². The molecule has 1 atom stereocenters. The molecular formula is C12H15NO. The van der Waals surface area contributed by atoms with Crippen molar-refractivity contribution in [3.63, 3.8) is 0 Å². The molecule has 0 aromatic rings. The maximum atomic E-state index is 8.87. The Kier molecular flexibility index (Phi) is 1.92. The molecule has 0 bridgehead atoms. The molecule has 2 heteroatoms. The summed E-state index contributed by atoms with van der Waals surface area (Å²) in [4.78, 5) is 0. The standard InChI is InChI=1S/C12H15NO/c1-8-12(2,3)10-6-9(7-13)4-5-11(10)14-8/h6,8H,4-5H2,1-3H3. The van der Waals surface area contributed by atoms with Crippen LogP contribution in [0.4, 0.5) is 0 Å². The lowest BCUT2D eigenvalue weighted by Crippen LogP contribution is -2.24. The van der Waals surface area contributed by atoms with E-state index < -0.39 is 0 Å². The SMILES string of the molecule is CC1OC2=C(C=C(C#N)CC2)C1(C)C. The Morgan fingerprint density at radius 2 is 2.21 bits per heavy atom. The zero-order valence-electron chi connectivity index (χ0n) is 8.92. The summed E-state index contributed by atoms with van der Waals surface area (Å²) in [7, 11) is 0. The van der Waals surface area contributed by atoms with Gasteiger partial charge in [-0.1, -0.05) is 13.8 Å². The average molecular weight is 189 g/mol. The zero-order chi connectivity index (χ0) is 10.3. The van der Waals surface area contributed by atoms with Crippen molar-refractivity contribution in [2.45, 2.75) is 39.7 Å². The van der Waals surface area contributed by atoms with E-state index in [2.05, 4.69) is 26.8 Å². The second-order valence-electron chi connectivity index (χ2n) is 4.60. The van der Waals surface area contributed by atoms with Gasteiger partial charge in [-0.05, 0) is 19.4 Å². The number of nitrogens with zero attached hydrogens (tertiary/aromatic N) is 1. The Balaban J connectivity index is 2.42. The van der Waals surface area contributed by atoms with Crippen molar-refractivity contribution in [1.29, 1.82) is 5.26 Å². The van der Waals surface area contributed by atoms with Gasteiger partial charge in [-0.25, -0.2) is 0 Å². The second kappa shape index (κ2) is 2.88. The molecule has 0 fully saturated rings. The predicted octanol–water partition coefficient (Wildman–Crippen LogP) is 2.93. The van der Waals surface area contributed by atoms with E-state index >= 15 is 0 Å². The van der Waals surface area contributed by atoms with Gasteiger partial charge in [-0.3, -0.25) is 0 Å². The minimum absolute atomic E-state index is 0.0534. The van der Waals surface area contributed by atoms with Gasteiger partial charge in [0, 0.05) is 23.0 Å². The lowest BCUT2D eigenvalue weighted by Gasteiger charge is -2.24. The van der Waals surface area contributed by atoms with E-state index in [0.717, 1.165) is 24.2 Å². The Bertz CT molecular complexity index is 368. The van der Waals surface area contributed by atoms with E-state index in [1.165, 1.54) is 5.57 Å². The van der Waals surface area contributed by atoms with Crippen molar-refractivity contribution in [2.24, 2.45) is 5.41 Å². The summed E-state index contributed by atoms with van der Waals surface area (Å²) < 4.78 is 5.80. The molecular weight excluding hydrogens is 174 g/mol. The maximum absolute atomic E-state index is 8.87. The summed E-state index contributed by atoms with van der Waals surface area (Å²) in [5.74, 6) is 1.10. The van der Waals surface area contributed by atoms with Gasteiger partial charge in [0.2, 0.25) is 0 Å². The smallest absolute Gasteiger partial charge is 0.105 e. The third kappa shape index (κ3) is 1.16. The average Bonchev–Trinajstić information content (AvgIpc) is 2.38. The Labute approximate surface area is 84.9 Å². The molecule has 0 saturated carbocycles. The van der Waals surface area contributed by atoms with E-state index in [4.69, 9.17) is 10.00 Å². The van der Waals surface area contributed by atoms with Crippen molar-refractivity contribution >= 4 is 0 Å². The first-order valence-corrected chi connectivity index (χ1v) is 5.06. The van der Waals surface area contributed by atoms with Crippen LogP contribution in [0.25, 0.3) is 0 Å². The second-order valence-corrected chi connectivity index (χ2v) is 4.60. The van der Waals surface area contributed by atoms with Gasteiger partial charge in [0.15, 0.2) is 0 Å². The molecule has 0 saturated heterocycles. The molecule has 2 aliphatic rings. The van der Waals surface area contributed by atoms with Crippen LogP contribution in [0.2, 0.25) is 0 Å². The predicted molar refractivity (Wildman–Crippen MR) is 54.3 cm³/mol. The molecule has 0 radical (unpaired) electrons. The number of ether oxygens (including phenoxy) is 1. The van der Waals surface area contributed by atoms with Gasteiger partial charge in [0.05, 0.1) is 6.07 Å². The number of allylic oxidation sites excluding steroid dienone is 3. The van der Waals surface area contributed by atoms with Crippen LogP contribution >= 0.6 is 0 Å².